The highest BCUT2D eigenvalue weighted by atomic mass is 16.6. The molecule has 138 valence electrons. The molecule has 1 aliphatic rings. The third kappa shape index (κ3) is 4.12. The normalized spacial score (nSPS) is 12.7. The molecule has 0 spiro atoms. The van der Waals surface area contributed by atoms with Crippen LogP contribution in [0.25, 0.3) is 6.08 Å². The Morgan fingerprint density at radius 1 is 1.15 bits per heavy atom. The summed E-state index contributed by atoms with van der Waals surface area (Å²) in [5.74, 6) is 1.66. The van der Waals surface area contributed by atoms with Crippen molar-refractivity contribution in [2.45, 2.75) is 0 Å². The number of benzene rings is 2. The Kier molecular flexibility index (Phi) is 5.47. The van der Waals surface area contributed by atoms with Crippen LogP contribution in [-0.4, -0.2) is 33.3 Å². The number of nitriles is 1. The van der Waals surface area contributed by atoms with Gasteiger partial charge in [-0.1, -0.05) is 0 Å². The van der Waals surface area contributed by atoms with Gasteiger partial charge >= 0.3 is 0 Å². The van der Waals surface area contributed by atoms with Crippen molar-refractivity contribution < 1.29 is 23.7 Å². The van der Waals surface area contributed by atoms with Gasteiger partial charge in [0.2, 0.25) is 5.75 Å². The molecule has 3 rings (SSSR count). The molecule has 0 aliphatic carbocycles. The van der Waals surface area contributed by atoms with Gasteiger partial charge in [-0.3, -0.25) is 4.79 Å². The largest absolute Gasteiger partial charge is 0.497 e. The van der Waals surface area contributed by atoms with Crippen molar-refractivity contribution in [3.63, 3.8) is 0 Å². The molecule has 0 saturated carbocycles. The van der Waals surface area contributed by atoms with Crippen molar-refractivity contribution in [1.29, 1.82) is 5.26 Å². The number of ether oxygens (including phenoxy) is 4. The van der Waals surface area contributed by atoms with Crippen molar-refractivity contribution >= 4 is 17.7 Å². The topological polar surface area (TPSA) is 89.8 Å². The number of fused-ring (bicyclic) bond motifs is 1. The highest BCUT2D eigenvalue weighted by Crippen LogP contribution is 2.40. The molecule has 1 N–H and O–H groups in total. The molecule has 2 aromatic carbocycles. The van der Waals surface area contributed by atoms with Crippen molar-refractivity contribution in [2.24, 2.45) is 0 Å². The van der Waals surface area contributed by atoms with Crippen LogP contribution in [0.2, 0.25) is 0 Å². The fraction of sp³-hybridized carbons (Fsp3) is 0.200. The van der Waals surface area contributed by atoms with Crippen LogP contribution >= 0.6 is 0 Å². The van der Waals surface area contributed by atoms with Crippen LogP contribution in [0.4, 0.5) is 5.69 Å². The van der Waals surface area contributed by atoms with E-state index in [0.29, 0.717) is 47.5 Å². The van der Waals surface area contributed by atoms with Crippen molar-refractivity contribution in [1.82, 2.24) is 0 Å². The van der Waals surface area contributed by atoms with E-state index in [4.69, 9.17) is 18.9 Å². The van der Waals surface area contributed by atoms with E-state index in [0.717, 1.165) is 0 Å². The number of methoxy groups -OCH3 is 2. The van der Waals surface area contributed by atoms with Crippen LogP contribution in [0.1, 0.15) is 5.56 Å². The van der Waals surface area contributed by atoms with E-state index in [9.17, 15) is 10.1 Å². The van der Waals surface area contributed by atoms with E-state index in [1.807, 2.05) is 6.07 Å². The highest BCUT2D eigenvalue weighted by molar-refractivity contribution is 6.09. The van der Waals surface area contributed by atoms with Crippen LogP contribution in [0, 0.1) is 11.3 Å². The lowest BCUT2D eigenvalue weighted by Crippen LogP contribution is -2.16. The Morgan fingerprint density at radius 2 is 1.89 bits per heavy atom. The van der Waals surface area contributed by atoms with E-state index in [-0.39, 0.29) is 5.57 Å². The van der Waals surface area contributed by atoms with E-state index < -0.39 is 5.91 Å². The quantitative estimate of drug-likeness (QED) is 0.646. The lowest BCUT2D eigenvalue weighted by molar-refractivity contribution is -0.112. The molecule has 0 aromatic heterocycles. The molecule has 0 radical (unpaired) electrons. The van der Waals surface area contributed by atoms with Gasteiger partial charge in [0.25, 0.3) is 5.91 Å². The molecular formula is C20H18N2O5. The van der Waals surface area contributed by atoms with Gasteiger partial charge in [-0.2, -0.15) is 5.26 Å². The molecule has 7 nitrogen and oxygen atoms in total. The van der Waals surface area contributed by atoms with Gasteiger partial charge in [0.1, 0.15) is 30.6 Å². The molecule has 0 fully saturated rings. The van der Waals surface area contributed by atoms with Gasteiger partial charge in [-0.15, -0.1) is 0 Å². The zero-order valence-electron chi connectivity index (χ0n) is 14.9. The minimum absolute atomic E-state index is 0.0513. The Bertz CT molecular complexity index is 896. The number of hydrogen-bond donors (Lipinski definition) is 1. The van der Waals surface area contributed by atoms with E-state index in [2.05, 4.69) is 5.32 Å². The molecule has 0 atom stereocenters. The van der Waals surface area contributed by atoms with Gasteiger partial charge in [0.05, 0.1) is 14.2 Å². The summed E-state index contributed by atoms with van der Waals surface area (Å²) >= 11 is 0. The predicted octanol–water partition coefficient (Wildman–Crippen LogP) is 3.02. The summed E-state index contributed by atoms with van der Waals surface area (Å²) in [4.78, 5) is 12.4. The Morgan fingerprint density at radius 3 is 2.56 bits per heavy atom. The summed E-state index contributed by atoms with van der Waals surface area (Å²) in [5.41, 5.74) is 1.10. The molecule has 1 aliphatic heterocycles. The van der Waals surface area contributed by atoms with Crippen molar-refractivity contribution in [3.8, 4) is 29.1 Å². The van der Waals surface area contributed by atoms with Crippen LogP contribution in [0.15, 0.2) is 42.0 Å². The fourth-order valence-electron chi connectivity index (χ4n) is 2.56. The third-order valence-electron chi connectivity index (χ3n) is 3.87. The van der Waals surface area contributed by atoms with Gasteiger partial charge < -0.3 is 24.3 Å². The molecule has 7 heteroatoms. The number of rotatable bonds is 5. The number of nitrogens with one attached hydrogen (secondary N) is 1. The number of anilines is 1. The Hall–Kier alpha value is -3.66. The maximum atomic E-state index is 12.4. The molecule has 0 bridgehead atoms. The average molecular weight is 366 g/mol. The first-order chi connectivity index (χ1) is 13.1. The minimum Gasteiger partial charge on any atom is -0.497 e. The third-order valence-corrected chi connectivity index (χ3v) is 3.87. The van der Waals surface area contributed by atoms with E-state index in [1.54, 1.807) is 43.5 Å². The van der Waals surface area contributed by atoms with E-state index >= 15 is 0 Å². The second-order valence-corrected chi connectivity index (χ2v) is 5.60. The summed E-state index contributed by atoms with van der Waals surface area (Å²) in [5, 5.41) is 12.1. The maximum Gasteiger partial charge on any atom is 0.266 e. The smallest absolute Gasteiger partial charge is 0.266 e. The number of carbonyl (C=O) groups excluding carboxylic acids is 1. The summed E-state index contributed by atoms with van der Waals surface area (Å²) in [7, 11) is 3.08. The fourth-order valence-corrected chi connectivity index (χ4v) is 2.56. The zero-order chi connectivity index (χ0) is 19.2. The van der Waals surface area contributed by atoms with Crippen molar-refractivity contribution in [3.05, 3.63) is 47.5 Å². The number of nitrogens with zero attached hydrogens (tertiary/aromatic N) is 1. The standard InChI is InChI=1S/C20H18N2O5/c1-24-16-5-3-15(4-6-16)22-20(23)14(12-21)9-13-10-17(25-2)19-18(11-13)26-7-8-27-19/h3-6,9-11H,7-8H2,1-2H3,(H,22,23)/b14-9+. The minimum atomic E-state index is -0.517. The van der Waals surface area contributed by atoms with Gasteiger partial charge in [0.15, 0.2) is 11.5 Å². The molecule has 1 heterocycles. The van der Waals surface area contributed by atoms with E-state index in [1.165, 1.54) is 13.2 Å². The maximum absolute atomic E-state index is 12.4. The first kappa shape index (κ1) is 18.1. The lowest BCUT2D eigenvalue weighted by atomic mass is 10.1. The monoisotopic (exact) mass is 366 g/mol. The van der Waals surface area contributed by atoms with Crippen molar-refractivity contribution in [2.75, 3.05) is 32.8 Å². The zero-order valence-corrected chi connectivity index (χ0v) is 14.9. The first-order valence-corrected chi connectivity index (χ1v) is 8.19. The average Bonchev–Trinajstić information content (AvgIpc) is 2.71. The van der Waals surface area contributed by atoms with Crippen LogP contribution < -0.4 is 24.3 Å². The number of hydrogen-bond acceptors (Lipinski definition) is 6. The Balaban J connectivity index is 1.85. The van der Waals surface area contributed by atoms with Gasteiger partial charge in [-0.05, 0) is 48.0 Å². The summed E-state index contributed by atoms with van der Waals surface area (Å²) < 4.78 is 21.5. The summed E-state index contributed by atoms with van der Waals surface area (Å²) in [6.45, 7) is 0.860. The molecule has 0 unspecified atom stereocenters. The van der Waals surface area contributed by atoms with Gasteiger partial charge in [0, 0.05) is 5.69 Å². The molecule has 27 heavy (non-hydrogen) atoms. The van der Waals surface area contributed by atoms with Crippen LogP contribution in [-0.2, 0) is 4.79 Å². The lowest BCUT2D eigenvalue weighted by Gasteiger charge is -2.21. The molecule has 0 saturated heterocycles. The van der Waals surface area contributed by atoms with Gasteiger partial charge in [-0.25, -0.2) is 0 Å². The first-order valence-electron chi connectivity index (χ1n) is 8.19. The number of amides is 1. The Labute approximate surface area is 156 Å². The molecule has 1 amide bonds. The van der Waals surface area contributed by atoms with Crippen LogP contribution in [0.5, 0.6) is 23.0 Å². The predicted molar refractivity (Wildman–Crippen MR) is 99.2 cm³/mol. The summed E-state index contributed by atoms with van der Waals surface area (Å²) in [6, 6.07) is 12.1. The summed E-state index contributed by atoms with van der Waals surface area (Å²) in [6.07, 6.45) is 1.47. The number of carbonyl (C=O) groups is 1. The SMILES string of the molecule is COc1ccc(NC(=O)/C(C#N)=C/c2cc(OC)c3c(c2)OCCO3)cc1. The second-order valence-electron chi connectivity index (χ2n) is 5.60. The molecule has 2 aromatic rings. The molecular weight excluding hydrogens is 348 g/mol. The second kappa shape index (κ2) is 8.15. The van der Waals surface area contributed by atoms with Crippen LogP contribution in [0.3, 0.4) is 0 Å². The highest BCUT2D eigenvalue weighted by Gasteiger charge is 2.19.